The summed E-state index contributed by atoms with van der Waals surface area (Å²) in [5.74, 6) is 0. The second kappa shape index (κ2) is 6.18. The van der Waals surface area contributed by atoms with Gasteiger partial charge in [-0.3, -0.25) is 0 Å². The monoisotopic (exact) mass is 255 g/mol. The van der Waals surface area contributed by atoms with E-state index in [0.29, 0.717) is 5.17 Å². The van der Waals surface area contributed by atoms with E-state index < -0.39 is 0 Å². The fourth-order valence-corrected chi connectivity index (χ4v) is 1.67. The SMILES string of the molecule is Cc1ccc(N=C(Cl)/C=C/c2ccccc2)cc1. The fraction of sp³-hybridized carbons (Fsp3) is 0.0625. The number of hydrogen-bond acceptors (Lipinski definition) is 1. The molecule has 18 heavy (non-hydrogen) atoms. The van der Waals surface area contributed by atoms with Gasteiger partial charge in [-0.05, 0) is 30.7 Å². The number of nitrogens with zero attached hydrogens (tertiary/aromatic N) is 1. The van der Waals surface area contributed by atoms with Crippen LogP contribution in [0.25, 0.3) is 6.08 Å². The lowest BCUT2D eigenvalue weighted by Gasteiger charge is -1.95. The Kier molecular flexibility index (Phi) is 4.32. The van der Waals surface area contributed by atoms with Crippen LogP contribution in [0.5, 0.6) is 0 Å². The molecule has 0 saturated heterocycles. The Morgan fingerprint density at radius 1 is 1.00 bits per heavy atom. The number of rotatable bonds is 3. The van der Waals surface area contributed by atoms with Gasteiger partial charge >= 0.3 is 0 Å². The third-order valence-corrected chi connectivity index (χ3v) is 2.69. The number of aryl methyl sites for hydroxylation is 1. The second-order valence-corrected chi connectivity index (χ2v) is 4.40. The van der Waals surface area contributed by atoms with Gasteiger partial charge in [-0.1, -0.05) is 65.7 Å². The molecule has 0 radical (unpaired) electrons. The summed E-state index contributed by atoms with van der Waals surface area (Å²) in [5.41, 5.74) is 3.18. The third kappa shape index (κ3) is 3.86. The van der Waals surface area contributed by atoms with Crippen molar-refractivity contribution in [2.45, 2.75) is 6.92 Å². The maximum atomic E-state index is 6.07. The summed E-state index contributed by atoms with van der Waals surface area (Å²) in [6.45, 7) is 2.05. The molecule has 90 valence electrons. The van der Waals surface area contributed by atoms with Crippen molar-refractivity contribution >= 4 is 28.5 Å². The molecule has 0 N–H and O–H groups in total. The van der Waals surface area contributed by atoms with Crippen LogP contribution in [-0.4, -0.2) is 5.17 Å². The van der Waals surface area contributed by atoms with Gasteiger partial charge in [-0.15, -0.1) is 0 Å². The molecule has 0 unspecified atom stereocenters. The van der Waals surface area contributed by atoms with Crippen LogP contribution in [0, 0.1) is 6.92 Å². The van der Waals surface area contributed by atoms with E-state index in [1.165, 1.54) is 5.56 Å². The van der Waals surface area contributed by atoms with Crippen molar-refractivity contribution in [2.75, 3.05) is 0 Å². The van der Waals surface area contributed by atoms with Crippen molar-refractivity contribution < 1.29 is 0 Å². The van der Waals surface area contributed by atoms with Crippen LogP contribution < -0.4 is 0 Å². The van der Waals surface area contributed by atoms with E-state index in [1.54, 1.807) is 6.08 Å². The Balaban J connectivity index is 2.10. The number of halogens is 1. The average Bonchev–Trinajstić information content (AvgIpc) is 2.40. The van der Waals surface area contributed by atoms with Crippen molar-refractivity contribution in [1.82, 2.24) is 0 Å². The summed E-state index contributed by atoms with van der Waals surface area (Å²) in [5, 5.41) is 0.475. The highest BCUT2D eigenvalue weighted by molar-refractivity contribution is 6.69. The minimum Gasteiger partial charge on any atom is -0.237 e. The van der Waals surface area contributed by atoms with E-state index in [9.17, 15) is 0 Å². The van der Waals surface area contributed by atoms with E-state index in [2.05, 4.69) is 4.99 Å². The normalized spacial score (nSPS) is 12.0. The topological polar surface area (TPSA) is 12.4 Å². The molecule has 0 saturated carbocycles. The summed E-state index contributed by atoms with van der Waals surface area (Å²) in [4.78, 5) is 4.31. The number of hydrogen-bond donors (Lipinski definition) is 0. The molecule has 0 heterocycles. The standard InChI is InChI=1S/C16H14ClN/c1-13-7-10-15(11-8-13)18-16(17)12-9-14-5-3-2-4-6-14/h2-12H,1H3/b12-9+,18-16?. The molecule has 0 aromatic heterocycles. The predicted molar refractivity (Wildman–Crippen MR) is 79.6 cm³/mol. The number of benzene rings is 2. The largest absolute Gasteiger partial charge is 0.237 e. The van der Waals surface area contributed by atoms with Crippen molar-refractivity contribution in [1.29, 1.82) is 0 Å². The molecule has 0 spiro atoms. The quantitative estimate of drug-likeness (QED) is 0.686. The number of allylic oxidation sites excluding steroid dienone is 1. The van der Waals surface area contributed by atoms with Gasteiger partial charge in [0.15, 0.2) is 0 Å². The maximum Gasteiger partial charge on any atom is 0.129 e. The molecule has 2 rings (SSSR count). The first-order chi connectivity index (χ1) is 8.74. The lowest BCUT2D eigenvalue weighted by molar-refractivity contribution is 1.44. The van der Waals surface area contributed by atoms with Crippen LogP contribution in [0.2, 0.25) is 0 Å². The molecule has 0 aliphatic rings. The molecule has 0 bridgehead atoms. The summed E-state index contributed by atoms with van der Waals surface area (Å²) >= 11 is 6.07. The molecule has 0 aliphatic carbocycles. The van der Waals surface area contributed by atoms with Gasteiger partial charge in [0.25, 0.3) is 0 Å². The highest BCUT2D eigenvalue weighted by Gasteiger charge is 1.91. The molecule has 1 nitrogen and oxygen atoms in total. The van der Waals surface area contributed by atoms with Crippen LogP contribution in [0.15, 0.2) is 65.7 Å². The first-order valence-corrected chi connectivity index (χ1v) is 6.16. The maximum absolute atomic E-state index is 6.07. The Morgan fingerprint density at radius 3 is 2.33 bits per heavy atom. The van der Waals surface area contributed by atoms with Gasteiger partial charge in [-0.25, -0.2) is 4.99 Å². The lowest BCUT2D eigenvalue weighted by atomic mass is 10.2. The zero-order chi connectivity index (χ0) is 12.8. The minimum atomic E-state index is 0.475. The molecule has 2 aromatic rings. The smallest absolute Gasteiger partial charge is 0.129 e. The first kappa shape index (κ1) is 12.6. The van der Waals surface area contributed by atoms with Crippen molar-refractivity contribution in [3.05, 3.63) is 71.8 Å². The van der Waals surface area contributed by atoms with Crippen molar-refractivity contribution in [3.8, 4) is 0 Å². The van der Waals surface area contributed by atoms with Crippen LogP contribution in [-0.2, 0) is 0 Å². The molecule has 0 amide bonds. The summed E-state index contributed by atoms with van der Waals surface area (Å²) in [7, 11) is 0. The van der Waals surface area contributed by atoms with Crippen LogP contribution in [0.4, 0.5) is 5.69 Å². The minimum absolute atomic E-state index is 0.475. The average molecular weight is 256 g/mol. The van der Waals surface area contributed by atoms with E-state index in [0.717, 1.165) is 11.3 Å². The molecule has 2 heteroatoms. The van der Waals surface area contributed by atoms with Gasteiger partial charge in [-0.2, -0.15) is 0 Å². The molecular weight excluding hydrogens is 242 g/mol. The highest BCUT2D eigenvalue weighted by Crippen LogP contribution is 2.14. The van der Waals surface area contributed by atoms with Crippen LogP contribution in [0.1, 0.15) is 11.1 Å². The molecular formula is C16H14ClN. The number of aliphatic imine (C=N–C) groups is 1. The van der Waals surface area contributed by atoms with Gasteiger partial charge < -0.3 is 0 Å². The van der Waals surface area contributed by atoms with E-state index in [1.807, 2.05) is 67.6 Å². The Bertz CT molecular complexity index is 553. The molecule has 0 atom stereocenters. The van der Waals surface area contributed by atoms with E-state index >= 15 is 0 Å². The Morgan fingerprint density at radius 2 is 1.67 bits per heavy atom. The van der Waals surface area contributed by atoms with Crippen LogP contribution >= 0.6 is 11.6 Å². The third-order valence-electron chi connectivity index (χ3n) is 2.48. The summed E-state index contributed by atoms with van der Waals surface area (Å²) in [6.07, 6.45) is 3.75. The summed E-state index contributed by atoms with van der Waals surface area (Å²) < 4.78 is 0. The zero-order valence-electron chi connectivity index (χ0n) is 10.2. The molecule has 0 aliphatic heterocycles. The van der Waals surface area contributed by atoms with Gasteiger partial charge in [0.2, 0.25) is 0 Å². The molecule has 2 aromatic carbocycles. The van der Waals surface area contributed by atoms with Crippen LogP contribution in [0.3, 0.4) is 0 Å². The van der Waals surface area contributed by atoms with Gasteiger partial charge in [0, 0.05) is 0 Å². The van der Waals surface area contributed by atoms with Crippen molar-refractivity contribution in [2.24, 2.45) is 4.99 Å². The summed E-state index contributed by atoms with van der Waals surface area (Å²) in [6, 6.07) is 17.9. The van der Waals surface area contributed by atoms with E-state index in [4.69, 9.17) is 11.6 Å². The predicted octanol–water partition coefficient (Wildman–Crippen LogP) is 4.98. The zero-order valence-corrected chi connectivity index (χ0v) is 10.9. The van der Waals surface area contributed by atoms with Gasteiger partial charge in [0.05, 0.1) is 5.69 Å². The van der Waals surface area contributed by atoms with Crippen molar-refractivity contribution in [3.63, 3.8) is 0 Å². The fourth-order valence-electron chi connectivity index (χ4n) is 1.51. The first-order valence-electron chi connectivity index (χ1n) is 5.78. The van der Waals surface area contributed by atoms with E-state index in [-0.39, 0.29) is 0 Å². The van der Waals surface area contributed by atoms with Gasteiger partial charge in [0.1, 0.15) is 5.17 Å². The molecule has 0 fully saturated rings. The Labute approximate surface area is 112 Å². The second-order valence-electron chi connectivity index (χ2n) is 4.01. The Hall–Kier alpha value is -1.86. The highest BCUT2D eigenvalue weighted by atomic mass is 35.5. The lowest BCUT2D eigenvalue weighted by Crippen LogP contribution is -1.79.